The summed E-state index contributed by atoms with van der Waals surface area (Å²) in [5.74, 6) is 0.619. The number of hydrogen-bond acceptors (Lipinski definition) is 4. The van der Waals surface area contributed by atoms with E-state index < -0.39 is 0 Å². The molecule has 0 bridgehead atoms. The van der Waals surface area contributed by atoms with Crippen LogP contribution in [0.5, 0.6) is 0 Å². The number of carbonyl (C=O) groups excluding carboxylic acids is 2. The number of piperidine rings is 1. The summed E-state index contributed by atoms with van der Waals surface area (Å²) in [5, 5.41) is 2.99. The van der Waals surface area contributed by atoms with Crippen LogP contribution in [0.25, 0.3) is 0 Å². The normalized spacial score (nSPS) is 14.9. The Morgan fingerprint density at radius 3 is 2.59 bits per heavy atom. The van der Waals surface area contributed by atoms with E-state index in [1.807, 2.05) is 0 Å². The number of benzene rings is 1. The van der Waals surface area contributed by atoms with Crippen molar-refractivity contribution in [2.24, 2.45) is 5.92 Å². The van der Waals surface area contributed by atoms with Gasteiger partial charge in [-0.1, -0.05) is 0 Å². The number of furan rings is 1. The van der Waals surface area contributed by atoms with Crippen LogP contribution in [0, 0.1) is 11.7 Å². The Kier molecular flexibility index (Phi) is 6.92. The molecule has 144 valence electrons. The van der Waals surface area contributed by atoms with E-state index in [0.29, 0.717) is 38.0 Å². The van der Waals surface area contributed by atoms with Gasteiger partial charge >= 0.3 is 0 Å². The average Bonchev–Trinajstić information content (AvgIpc) is 3.23. The molecule has 0 radical (unpaired) electrons. The number of nitrogens with zero attached hydrogens (tertiary/aromatic N) is 1. The SMILES string of the molecule is O=C(NCCCSc1ccc(F)cc1)C1CCN(C(=O)c2ccoc2)CC1. The first-order valence-corrected chi connectivity index (χ1v) is 10.1. The summed E-state index contributed by atoms with van der Waals surface area (Å²) in [6.45, 7) is 1.80. The lowest BCUT2D eigenvalue weighted by Crippen LogP contribution is -2.43. The first kappa shape index (κ1) is 19.5. The first-order chi connectivity index (χ1) is 13.1. The molecule has 0 spiro atoms. The standard InChI is InChI=1S/C20H23FN2O3S/c21-17-2-4-18(5-3-17)27-13-1-9-22-19(24)15-6-10-23(11-7-15)20(25)16-8-12-26-14-16/h2-5,8,12,14-15H,1,6-7,9-11,13H2,(H,22,24). The van der Waals surface area contributed by atoms with Gasteiger partial charge in [0, 0.05) is 30.4 Å². The Balaban J connectivity index is 1.31. The summed E-state index contributed by atoms with van der Waals surface area (Å²) in [6, 6.07) is 8.08. The van der Waals surface area contributed by atoms with Crippen molar-refractivity contribution in [2.75, 3.05) is 25.4 Å². The largest absolute Gasteiger partial charge is 0.472 e. The molecule has 0 atom stereocenters. The molecule has 1 N–H and O–H groups in total. The molecule has 1 saturated heterocycles. The van der Waals surface area contributed by atoms with Gasteiger partial charge in [-0.15, -0.1) is 11.8 Å². The smallest absolute Gasteiger partial charge is 0.257 e. The predicted molar refractivity (Wildman–Crippen MR) is 102 cm³/mol. The zero-order valence-corrected chi connectivity index (χ0v) is 15.8. The van der Waals surface area contributed by atoms with Crippen LogP contribution in [0.3, 0.4) is 0 Å². The number of hydrogen-bond donors (Lipinski definition) is 1. The van der Waals surface area contributed by atoms with Crippen LogP contribution in [0.1, 0.15) is 29.6 Å². The zero-order valence-electron chi connectivity index (χ0n) is 15.0. The molecule has 2 amide bonds. The van der Waals surface area contributed by atoms with E-state index >= 15 is 0 Å². The lowest BCUT2D eigenvalue weighted by atomic mass is 9.95. The van der Waals surface area contributed by atoms with Crippen LogP contribution in [0.15, 0.2) is 52.2 Å². The summed E-state index contributed by atoms with van der Waals surface area (Å²) in [5.41, 5.74) is 0.552. The third kappa shape index (κ3) is 5.60. The molecule has 1 aliphatic heterocycles. The Morgan fingerprint density at radius 2 is 1.93 bits per heavy atom. The summed E-state index contributed by atoms with van der Waals surface area (Å²) in [4.78, 5) is 27.4. The van der Waals surface area contributed by atoms with Gasteiger partial charge in [0.2, 0.25) is 5.91 Å². The fraction of sp³-hybridized carbons (Fsp3) is 0.400. The van der Waals surface area contributed by atoms with Gasteiger partial charge < -0.3 is 14.6 Å². The molecule has 7 heteroatoms. The van der Waals surface area contributed by atoms with Gasteiger partial charge in [0.25, 0.3) is 5.91 Å². The summed E-state index contributed by atoms with van der Waals surface area (Å²) < 4.78 is 17.8. The Labute approximate surface area is 162 Å². The Bertz CT molecular complexity index is 741. The minimum Gasteiger partial charge on any atom is -0.472 e. The van der Waals surface area contributed by atoms with Gasteiger partial charge in [-0.25, -0.2) is 4.39 Å². The van der Waals surface area contributed by atoms with Crippen LogP contribution >= 0.6 is 11.8 Å². The predicted octanol–water partition coefficient (Wildman–Crippen LogP) is 3.57. The lowest BCUT2D eigenvalue weighted by Gasteiger charge is -2.31. The molecule has 1 aromatic heterocycles. The van der Waals surface area contributed by atoms with Crippen molar-refractivity contribution in [3.05, 3.63) is 54.2 Å². The van der Waals surface area contributed by atoms with Crippen molar-refractivity contribution >= 4 is 23.6 Å². The maximum Gasteiger partial charge on any atom is 0.257 e. The highest BCUT2D eigenvalue weighted by atomic mass is 32.2. The third-order valence-corrected chi connectivity index (χ3v) is 5.72. The topological polar surface area (TPSA) is 62.6 Å². The van der Waals surface area contributed by atoms with Crippen molar-refractivity contribution in [2.45, 2.75) is 24.2 Å². The minimum atomic E-state index is -0.232. The van der Waals surface area contributed by atoms with E-state index in [4.69, 9.17) is 4.42 Å². The maximum absolute atomic E-state index is 12.9. The fourth-order valence-corrected chi connectivity index (χ4v) is 3.92. The van der Waals surface area contributed by atoms with E-state index in [1.165, 1.54) is 24.7 Å². The van der Waals surface area contributed by atoms with Gasteiger partial charge in [0.15, 0.2) is 0 Å². The molecule has 5 nitrogen and oxygen atoms in total. The monoisotopic (exact) mass is 390 g/mol. The highest BCUT2D eigenvalue weighted by molar-refractivity contribution is 7.99. The van der Waals surface area contributed by atoms with E-state index in [0.717, 1.165) is 17.1 Å². The van der Waals surface area contributed by atoms with Crippen LogP contribution in [0.4, 0.5) is 4.39 Å². The Morgan fingerprint density at radius 1 is 1.19 bits per heavy atom. The van der Waals surface area contributed by atoms with Crippen LogP contribution in [-0.2, 0) is 4.79 Å². The van der Waals surface area contributed by atoms with Gasteiger partial charge in [0.05, 0.1) is 11.8 Å². The van der Waals surface area contributed by atoms with E-state index in [9.17, 15) is 14.0 Å². The molecular weight excluding hydrogens is 367 g/mol. The maximum atomic E-state index is 12.9. The van der Waals surface area contributed by atoms with Crippen molar-refractivity contribution in [3.63, 3.8) is 0 Å². The number of thioether (sulfide) groups is 1. The van der Waals surface area contributed by atoms with E-state index in [2.05, 4.69) is 5.32 Å². The molecule has 2 aromatic rings. The highest BCUT2D eigenvalue weighted by Gasteiger charge is 2.27. The zero-order chi connectivity index (χ0) is 19.1. The number of nitrogens with one attached hydrogen (secondary N) is 1. The number of rotatable bonds is 7. The van der Waals surface area contributed by atoms with Crippen LogP contribution in [-0.4, -0.2) is 42.1 Å². The second kappa shape index (κ2) is 9.60. The molecule has 0 aliphatic carbocycles. The average molecular weight is 390 g/mol. The molecule has 3 rings (SSSR count). The van der Waals surface area contributed by atoms with E-state index in [-0.39, 0.29) is 23.5 Å². The summed E-state index contributed by atoms with van der Waals surface area (Å²) >= 11 is 1.65. The second-order valence-corrected chi connectivity index (χ2v) is 7.69. The highest BCUT2D eigenvalue weighted by Crippen LogP contribution is 2.20. The van der Waals surface area contributed by atoms with Gasteiger partial charge in [-0.05, 0) is 55.3 Å². The van der Waals surface area contributed by atoms with Crippen molar-refractivity contribution in [1.82, 2.24) is 10.2 Å². The van der Waals surface area contributed by atoms with Gasteiger partial charge in [-0.3, -0.25) is 9.59 Å². The van der Waals surface area contributed by atoms with E-state index in [1.54, 1.807) is 34.9 Å². The third-order valence-electron chi connectivity index (χ3n) is 4.62. The molecule has 1 aliphatic rings. The van der Waals surface area contributed by atoms with Gasteiger partial charge in [-0.2, -0.15) is 0 Å². The minimum absolute atomic E-state index is 0.0387. The lowest BCUT2D eigenvalue weighted by molar-refractivity contribution is -0.126. The first-order valence-electron chi connectivity index (χ1n) is 9.11. The summed E-state index contributed by atoms with van der Waals surface area (Å²) in [6.07, 6.45) is 5.15. The molecule has 0 unspecified atom stereocenters. The molecule has 0 saturated carbocycles. The second-order valence-electron chi connectivity index (χ2n) is 6.53. The quantitative estimate of drug-likeness (QED) is 0.580. The molecule has 1 fully saturated rings. The fourth-order valence-electron chi connectivity index (χ4n) is 3.06. The number of carbonyl (C=O) groups is 2. The van der Waals surface area contributed by atoms with Crippen LogP contribution in [0.2, 0.25) is 0 Å². The number of likely N-dealkylation sites (tertiary alicyclic amines) is 1. The molecular formula is C20H23FN2O3S. The Hall–Kier alpha value is -2.28. The molecule has 1 aromatic carbocycles. The number of amides is 2. The molecule has 27 heavy (non-hydrogen) atoms. The molecule has 2 heterocycles. The van der Waals surface area contributed by atoms with Gasteiger partial charge in [0.1, 0.15) is 12.1 Å². The van der Waals surface area contributed by atoms with Crippen molar-refractivity contribution < 1.29 is 18.4 Å². The number of halogens is 1. The van der Waals surface area contributed by atoms with Crippen LogP contribution < -0.4 is 5.32 Å². The van der Waals surface area contributed by atoms with Crippen molar-refractivity contribution in [1.29, 1.82) is 0 Å². The van der Waals surface area contributed by atoms with Crippen molar-refractivity contribution in [3.8, 4) is 0 Å². The summed E-state index contributed by atoms with van der Waals surface area (Å²) in [7, 11) is 0.